The van der Waals surface area contributed by atoms with E-state index in [0.29, 0.717) is 5.69 Å². The number of esters is 1. The maximum Gasteiger partial charge on any atom is 0.347 e. The Kier molecular flexibility index (Phi) is 7.06. The number of carbonyl (C=O) groups is 1. The Hall–Kier alpha value is -3.08. The molecule has 0 N–H and O–H groups in total. The van der Waals surface area contributed by atoms with Crippen molar-refractivity contribution in [3.8, 4) is 17.1 Å². The molecule has 2 aromatic carbocycles. The van der Waals surface area contributed by atoms with E-state index in [4.69, 9.17) is 4.74 Å². The Morgan fingerprint density at radius 2 is 1.69 bits per heavy atom. The molecule has 0 saturated heterocycles. The molecule has 0 radical (unpaired) electrons. The molecule has 0 aliphatic carbocycles. The predicted octanol–water partition coefficient (Wildman–Crippen LogP) is 5.80. The van der Waals surface area contributed by atoms with E-state index in [1.165, 1.54) is 36.7 Å². The first-order chi connectivity index (χ1) is 14.1. The third kappa shape index (κ3) is 5.47. The van der Waals surface area contributed by atoms with Gasteiger partial charge in [0.15, 0.2) is 0 Å². The van der Waals surface area contributed by atoms with Crippen LogP contribution in [0.5, 0.6) is 5.88 Å². The highest BCUT2D eigenvalue weighted by Gasteiger charge is 2.15. The van der Waals surface area contributed by atoms with Crippen LogP contribution in [0.15, 0.2) is 54.9 Å². The van der Waals surface area contributed by atoms with E-state index in [0.717, 1.165) is 30.4 Å². The molecular formula is C24H25FN2O2. The molecule has 0 spiro atoms. The number of halogens is 1. The molecule has 3 rings (SSSR count). The maximum atomic E-state index is 14.2. The van der Waals surface area contributed by atoms with Crippen molar-refractivity contribution in [1.29, 1.82) is 0 Å². The lowest BCUT2D eigenvalue weighted by atomic mass is 10.1. The second kappa shape index (κ2) is 9.92. The standard InChI is InChI=1S/C24H25FN2O2/c1-3-5-7-17-8-11-19(12-9-17)22-15-27-23(16-26-22)29-24(28)20-13-10-18(6-4-2)14-21(20)25/h8-16H,3-7H2,1-2H3. The minimum Gasteiger partial charge on any atom is -0.402 e. The summed E-state index contributed by atoms with van der Waals surface area (Å²) >= 11 is 0. The summed E-state index contributed by atoms with van der Waals surface area (Å²) in [6.07, 6.45) is 7.99. The Bertz CT molecular complexity index is 954. The number of hydrogen-bond acceptors (Lipinski definition) is 4. The van der Waals surface area contributed by atoms with E-state index in [1.807, 2.05) is 19.1 Å². The zero-order valence-electron chi connectivity index (χ0n) is 16.8. The van der Waals surface area contributed by atoms with E-state index >= 15 is 0 Å². The van der Waals surface area contributed by atoms with E-state index in [-0.39, 0.29) is 11.4 Å². The number of hydrogen-bond donors (Lipinski definition) is 0. The molecule has 0 bridgehead atoms. The second-order valence-corrected chi connectivity index (χ2v) is 6.99. The predicted molar refractivity (Wildman–Crippen MR) is 111 cm³/mol. The Labute approximate surface area is 170 Å². The van der Waals surface area contributed by atoms with Gasteiger partial charge in [-0.1, -0.05) is 57.0 Å². The largest absolute Gasteiger partial charge is 0.402 e. The lowest BCUT2D eigenvalue weighted by Crippen LogP contribution is -2.12. The number of carbonyl (C=O) groups excluding carboxylic acids is 1. The summed E-state index contributed by atoms with van der Waals surface area (Å²) in [5.74, 6) is -1.34. The fraction of sp³-hybridized carbons (Fsp3) is 0.292. The summed E-state index contributed by atoms with van der Waals surface area (Å²) in [6.45, 7) is 4.19. The third-order valence-electron chi connectivity index (χ3n) is 4.69. The SMILES string of the molecule is CCCCc1ccc(-c2cnc(OC(=O)c3ccc(CCC)cc3F)cn2)cc1. The van der Waals surface area contributed by atoms with Gasteiger partial charge in [0.25, 0.3) is 0 Å². The molecule has 3 aromatic rings. The number of unbranched alkanes of at least 4 members (excludes halogenated alkanes) is 1. The molecule has 0 atom stereocenters. The Morgan fingerprint density at radius 3 is 2.31 bits per heavy atom. The fourth-order valence-corrected chi connectivity index (χ4v) is 3.06. The van der Waals surface area contributed by atoms with Crippen LogP contribution in [-0.4, -0.2) is 15.9 Å². The highest BCUT2D eigenvalue weighted by Crippen LogP contribution is 2.20. The molecule has 1 heterocycles. The van der Waals surface area contributed by atoms with Crippen LogP contribution in [-0.2, 0) is 12.8 Å². The average Bonchev–Trinajstić information content (AvgIpc) is 2.73. The smallest absolute Gasteiger partial charge is 0.347 e. The van der Waals surface area contributed by atoms with Gasteiger partial charge in [-0.2, -0.15) is 0 Å². The van der Waals surface area contributed by atoms with Crippen molar-refractivity contribution in [1.82, 2.24) is 9.97 Å². The van der Waals surface area contributed by atoms with Crippen LogP contribution in [0, 0.1) is 5.82 Å². The van der Waals surface area contributed by atoms with Crippen LogP contribution in [0.2, 0.25) is 0 Å². The van der Waals surface area contributed by atoms with Crippen molar-refractivity contribution in [2.24, 2.45) is 0 Å². The topological polar surface area (TPSA) is 52.1 Å². The van der Waals surface area contributed by atoms with Gasteiger partial charge < -0.3 is 4.74 Å². The third-order valence-corrected chi connectivity index (χ3v) is 4.69. The van der Waals surface area contributed by atoms with E-state index in [9.17, 15) is 9.18 Å². The monoisotopic (exact) mass is 392 g/mol. The Balaban J connectivity index is 1.66. The number of rotatable bonds is 8. The normalized spacial score (nSPS) is 10.7. The fourth-order valence-electron chi connectivity index (χ4n) is 3.06. The lowest BCUT2D eigenvalue weighted by molar-refractivity contribution is 0.0722. The average molecular weight is 392 g/mol. The van der Waals surface area contributed by atoms with Crippen LogP contribution in [0.25, 0.3) is 11.3 Å². The highest BCUT2D eigenvalue weighted by atomic mass is 19.1. The number of benzene rings is 2. The van der Waals surface area contributed by atoms with E-state index in [1.54, 1.807) is 12.3 Å². The van der Waals surface area contributed by atoms with Gasteiger partial charge >= 0.3 is 5.97 Å². The van der Waals surface area contributed by atoms with Crippen molar-refractivity contribution in [2.45, 2.75) is 46.0 Å². The molecule has 0 fully saturated rings. The van der Waals surface area contributed by atoms with E-state index in [2.05, 4.69) is 29.0 Å². The van der Waals surface area contributed by atoms with Crippen LogP contribution in [0.4, 0.5) is 4.39 Å². The second-order valence-electron chi connectivity index (χ2n) is 6.99. The van der Waals surface area contributed by atoms with Crippen LogP contribution in [0.1, 0.15) is 54.6 Å². The minimum absolute atomic E-state index is 0.0374. The molecule has 0 aliphatic heterocycles. The summed E-state index contributed by atoms with van der Waals surface area (Å²) < 4.78 is 19.4. The van der Waals surface area contributed by atoms with Crippen LogP contribution >= 0.6 is 0 Å². The maximum absolute atomic E-state index is 14.2. The van der Waals surface area contributed by atoms with Crippen LogP contribution < -0.4 is 4.74 Å². The van der Waals surface area contributed by atoms with E-state index < -0.39 is 11.8 Å². The van der Waals surface area contributed by atoms with Gasteiger partial charge in [-0.05, 0) is 42.5 Å². The number of ether oxygens (including phenoxy) is 1. The molecule has 0 amide bonds. The van der Waals surface area contributed by atoms with Crippen molar-refractivity contribution in [2.75, 3.05) is 0 Å². The van der Waals surface area contributed by atoms with Crippen LogP contribution in [0.3, 0.4) is 0 Å². The molecule has 5 heteroatoms. The van der Waals surface area contributed by atoms with Gasteiger partial charge in [0.05, 0.1) is 23.7 Å². The number of aryl methyl sites for hydroxylation is 2. The highest BCUT2D eigenvalue weighted by molar-refractivity contribution is 5.91. The quantitative estimate of drug-likeness (QED) is 0.455. The molecule has 0 unspecified atom stereocenters. The molecule has 4 nitrogen and oxygen atoms in total. The van der Waals surface area contributed by atoms with Gasteiger partial charge in [0.1, 0.15) is 5.82 Å². The van der Waals surface area contributed by atoms with Gasteiger partial charge in [-0.15, -0.1) is 0 Å². The molecule has 150 valence electrons. The first kappa shape index (κ1) is 20.6. The lowest BCUT2D eigenvalue weighted by Gasteiger charge is -2.07. The van der Waals surface area contributed by atoms with Crippen molar-refractivity contribution < 1.29 is 13.9 Å². The zero-order chi connectivity index (χ0) is 20.6. The molecule has 0 aliphatic rings. The molecular weight excluding hydrogens is 367 g/mol. The number of nitrogens with zero attached hydrogens (tertiary/aromatic N) is 2. The van der Waals surface area contributed by atoms with Gasteiger partial charge in [0, 0.05) is 5.56 Å². The van der Waals surface area contributed by atoms with Gasteiger partial charge in [0.2, 0.25) is 5.88 Å². The zero-order valence-corrected chi connectivity index (χ0v) is 16.8. The first-order valence-electron chi connectivity index (χ1n) is 10.0. The molecule has 29 heavy (non-hydrogen) atoms. The molecule has 1 aromatic heterocycles. The summed E-state index contributed by atoms with van der Waals surface area (Å²) in [7, 11) is 0. The van der Waals surface area contributed by atoms with Crippen molar-refractivity contribution in [3.05, 3.63) is 77.4 Å². The Morgan fingerprint density at radius 1 is 0.931 bits per heavy atom. The van der Waals surface area contributed by atoms with Crippen molar-refractivity contribution in [3.63, 3.8) is 0 Å². The van der Waals surface area contributed by atoms with Crippen molar-refractivity contribution >= 4 is 5.97 Å². The summed E-state index contributed by atoms with van der Waals surface area (Å²) in [4.78, 5) is 20.7. The molecule has 0 saturated carbocycles. The van der Waals surface area contributed by atoms with Gasteiger partial charge in [-0.3, -0.25) is 0 Å². The summed E-state index contributed by atoms with van der Waals surface area (Å²) in [5.41, 5.74) is 3.65. The summed E-state index contributed by atoms with van der Waals surface area (Å²) in [6, 6.07) is 12.8. The first-order valence-corrected chi connectivity index (χ1v) is 10.0. The van der Waals surface area contributed by atoms with Gasteiger partial charge in [-0.25, -0.2) is 19.2 Å². The summed E-state index contributed by atoms with van der Waals surface area (Å²) in [5, 5.41) is 0. The number of aromatic nitrogens is 2. The minimum atomic E-state index is -0.784.